The maximum absolute atomic E-state index is 11.9. The molecule has 0 aromatic carbocycles. The fraction of sp³-hybridized carbons (Fsp3) is 0.677. The smallest absolute Gasteiger partial charge is 0.398 e. The summed E-state index contributed by atoms with van der Waals surface area (Å²) in [5.41, 5.74) is 8.59. The fourth-order valence-electron chi connectivity index (χ4n) is 4.40. The molecule has 1 saturated heterocycles. The van der Waals surface area contributed by atoms with E-state index in [0.717, 1.165) is 60.2 Å². The molecule has 2 aliphatic carbocycles. The summed E-state index contributed by atoms with van der Waals surface area (Å²) in [6.07, 6.45) is 7.11. The quantitative estimate of drug-likeness (QED) is 0.208. The van der Waals surface area contributed by atoms with Gasteiger partial charge in [0.05, 0.1) is 22.4 Å². The largest absolute Gasteiger partial charge is 0.512 e. The number of Topliss-reactive ketones (excluding diaryl/α,β-unsaturated/α-hetero) is 2. The number of fused-ring (bicyclic) bond motifs is 2. The van der Waals surface area contributed by atoms with Crippen LogP contribution >= 0.6 is 0 Å². The molecule has 0 bridgehead atoms. The van der Waals surface area contributed by atoms with Crippen molar-refractivity contribution >= 4 is 24.3 Å². The number of hydrazine groups is 1. The van der Waals surface area contributed by atoms with Gasteiger partial charge in [-0.15, -0.1) is 11.2 Å². The Morgan fingerprint density at radius 2 is 1.26 bits per heavy atom. The molecule has 236 valence electrons. The summed E-state index contributed by atoms with van der Waals surface area (Å²) >= 11 is 0. The standard InChI is InChI=1S/C14H20BNO3.C8H20N2O2.C8H9NO.CH4/c1-13(2)14(3,4)19-15(18-13)12-8-9-10(16-12)6-5-7-11(9)17;1-7(2,3)11-9-10-12-8(4,5)6;10-8-3-1-2-7-6(8)4-5-9-7;/h8,16H,5-7H2,1-4H3;9-10H,1-6H3;4-5,9H,1-3H2;1H4. The number of aryl methyl sites for hydroxylation is 2. The first-order valence-electron chi connectivity index (χ1n) is 14.5. The van der Waals surface area contributed by atoms with Crippen LogP contribution in [0.5, 0.6) is 0 Å². The Kier molecular flexibility index (Phi) is 12.0. The van der Waals surface area contributed by atoms with E-state index in [0.29, 0.717) is 12.2 Å². The number of aromatic amines is 2. The van der Waals surface area contributed by atoms with Gasteiger partial charge in [0.1, 0.15) is 0 Å². The predicted octanol–water partition coefficient (Wildman–Crippen LogP) is 5.54. The summed E-state index contributed by atoms with van der Waals surface area (Å²) in [6.45, 7) is 19.8. The van der Waals surface area contributed by atoms with Crippen LogP contribution < -0.4 is 16.8 Å². The lowest BCUT2D eigenvalue weighted by atomic mass is 9.84. The number of H-pyrrole nitrogens is 2. The van der Waals surface area contributed by atoms with Crippen LogP contribution in [0.4, 0.5) is 0 Å². The van der Waals surface area contributed by atoms with Crippen molar-refractivity contribution in [1.82, 2.24) is 21.1 Å². The van der Waals surface area contributed by atoms with Gasteiger partial charge in [0.2, 0.25) is 0 Å². The molecule has 4 N–H and O–H groups in total. The van der Waals surface area contributed by atoms with Crippen LogP contribution in [0.2, 0.25) is 0 Å². The normalized spacial score (nSPS) is 19.0. The highest BCUT2D eigenvalue weighted by Crippen LogP contribution is 2.36. The van der Waals surface area contributed by atoms with Gasteiger partial charge in [0.25, 0.3) is 0 Å². The number of hydrogen-bond acceptors (Lipinski definition) is 8. The fourth-order valence-corrected chi connectivity index (χ4v) is 4.40. The Labute approximate surface area is 252 Å². The van der Waals surface area contributed by atoms with Crippen molar-refractivity contribution in [3.05, 3.63) is 40.8 Å². The zero-order valence-corrected chi connectivity index (χ0v) is 26.5. The van der Waals surface area contributed by atoms with E-state index < -0.39 is 7.12 Å². The second-order valence-electron chi connectivity index (χ2n) is 13.8. The summed E-state index contributed by atoms with van der Waals surface area (Å²) in [5.74, 6) is 0.516. The summed E-state index contributed by atoms with van der Waals surface area (Å²) in [6, 6.07) is 3.77. The maximum atomic E-state index is 11.9. The molecule has 5 rings (SSSR count). The van der Waals surface area contributed by atoms with Crippen LogP contribution in [0.1, 0.15) is 134 Å². The number of rotatable bonds is 4. The number of ketones is 2. The molecule has 1 aliphatic heterocycles. The van der Waals surface area contributed by atoms with Gasteiger partial charge in [0.15, 0.2) is 11.6 Å². The second-order valence-corrected chi connectivity index (χ2v) is 13.8. The molecule has 1 fully saturated rings. The highest BCUT2D eigenvalue weighted by Gasteiger charge is 2.52. The highest BCUT2D eigenvalue weighted by atomic mass is 16.8. The average molecular weight is 589 g/mol. The van der Waals surface area contributed by atoms with Crippen molar-refractivity contribution in [1.29, 1.82) is 0 Å². The summed E-state index contributed by atoms with van der Waals surface area (Å²) in [4.78, 5) is 39.6. The van der Waals surface area contributed by atoms with Gasteiger partial charge >= 0.3 is 7.12 Å². The summed E-state index contributed by atoms with van der Waals surface area (Å²) < 4.78 is 12.0. The van der Waals surface area contributed by atoms with Crippen molar-refractivity contribution < 1.29 is 28.6 Å². The van der Waals surface area contributed by atoms with Gasteiger partial charge in [-0.2, -0.15) is 0 Å². The molecule has 3 aliphatic rings. The van der Waals surface area contributed by atoms with E-state index in [1.54, 1.807) is 0 Å². The molecule has 42 heavy (non-hydrogen) atoms. The third kappa shape index (κ3) is 9.89. The van der Waals surface area contributed by atoms with Crippen LogP contribution in [0, 0.1) is 0 Å². The first kappa shape index (κ1) is 35.9. The van der Waals surface area contributed by atoms with E-state index in [9.17, 15) is 9.59 Å². The Bertz CT molecular complexity index is 1160. The lowest BCUT2D eigenvalue weighted by Gasteiger charge is -2.32. The van der Waals surface area contributed by atoms with Crippen LogP contribution in [0.25, 0.3) is 0 Å². The SMILES string of the molecule is C.CC(C)(C)ONNOC(C)(C)C.CC1(C)OB(c2cc3c([nH]2)CCCC3=O)OC1(C)C.O=C1CCCc2[nH]ccc21. The van der Waals surface area contributed by atoms with E-state index >= 15 is 0 Å². The van der Waals surface area contributed by atoms with E-state index in [4.69, 9.17) is 19.0 Å². The van der Waals surface area contributed by atoms with E-state index in [1.807, 2.05) is 87.6 Å². The minimum Gasteiger partial charge on any atom is -0.398 e. The van der Waals surface area contributed by atoms with Crippen molar-refractivity contribution in [3.8, 4) is 0 Å². The van der Waals surface area contributed by atoms with Gasteiger partial charge in [0, 0.05) is 47.1 Å². The van der Waals surface area contributed by atoms with E-state index in [1.165, 1.54) is 0 Å². The van der Waals surface area contributed by atoms with Crippen LogP contribution in [0.3, 0.4) is 0 Å². The zero-order chi connectivity index (χ0) is 30.6. The monoisotopic (exact) mass is 588 g/mol. The lowest BCUT2D eigenvalue weighted by Crippen LogP contribution is -2.42. The van der Waals surface area contributed by atoms with Gasteiger partial charge in [-0.05, 0) is 107 Å². The van der Waals surface area contributed by atoms with Crippen LogP contribution in [-0.4, -0.2) is 51.1 Å². The average Bonchev–Trinajstić information content (AvgIpc) is 3.54. The Morgan fingerprint density at radius 3 is 1.71 bits per heavy atom. The topological polar surface area (TPSA) is 127 Å². The van der Waals surface area contributed by atoms with Crippen LogP contribution in [0.15, 0.2) is 18.3 Å². The van der Waals surface area contributed by atoms with Crippen molar-refractivity contribution in [2.45, 2.75) is 138 Å². The molecule has 0 atom stereocenters. The van der Waals surface area contributed by atoms with Gasteiger partial charge < -0.3 is 19.3 Å². The zero-order valence-electron chi connectivity index (χ0n) is 26.5. The lowest BCUT2D eigenvalue weighted by molar-refractivity contribution is -0.195. The molecule has 11 heteroatoms. The minimum atomic E-state index is -0.414. The second kappa shape index (κ2) is 14.0. The number of carbonyl (C=O) groups excluding carboxylic acids is 2. The first-order chi connectivity index (χ1) is 18.9. The minimum absolute atomic E-state index is 0. The maximum Gasteiger partial charge on any atom is 0.512 e. The van der Waals surface area contributed by atoms with Gasteiger partial charge in [-0.3, -0.25) is 19.3 Å². The Balaban J connectivity index is 0.000000233. The molecule has 0 radical (unpaired) electrons. The number of hydrogen-bond donors (Lipinski definition) is 4. The number of nitrogens with one attached hydrogen (secondary N) is 4. The molecule has 0 amide bonds. The van der Waals surface area contributed by atoms with Gasteiger partial charge in [-0.1, -0.05) is 7.43 Å². The van der Waals surface area contributed by atoms with Crippen molar-refractivity contribution in [2.75, 3.05) is 0 Å². The number of aromatic nitrogens is 2. The molecule has 0 unspecified atom stereocenters. The van der Waals surface area contributed by atoms with E-state index in [2.05, 4.69) is 21.1 Å². The molecular formula is C31H53BN4O6. The molecule has 0 spiro atoms. The Hall–Kier alpha value is -2.28. The third-order valence-electron chi connectivity index (χ3n) is 7.28. The Morgan fingerprint density at radius 1 is 0.786 bits per heavy atom. The van der Waals surface area contributed by atoms with Gasteiger partial charge in [-0.25, -0.2) is 0 Å². The predicted molar refractivity (Wildman–Crippen MR) is 167 cm³/mol. The van der Waals surface area contributed by atoms with Crippen molar-refractivity contribution in [3.63, 3.8) is 0 Å². The first-order valence-corrected chi connectivity index (χ1v) is 14.5. The van der Waals surface area contributed by atoms with E-state index in [-0.39, 0.29) is 35.6 Å². The summed E-state index contributed by atoms with van der Waals surface area (Å²) in [5, 5.41) is 0. The van der Waals surface area contributed by atoms with Crippen LogP contribution in [-0.2, 0) is 31.8 Å². The molecule has 3 heterocycles. The molecule has 10 nitrogen and oxygen atoms in total. The third-order valence-corrected chi connectivity index (χ3v) is 7.28. The molecular weight excluding hydrogens is 535 g/mol. The molecule has 0 saturated carbocycles. The highest BCUT2D eigenvalue weighted by molar-refractivity contribution is 6.61. The molecule has 2 aromatic heterocycles. The van der Waals surface area contributed by atoms with Crippen molar-refractivity contribution in [2.24, 2.45) is 0 Å². The summed E-state index contributed by atoms with van der Waals surface area (Å²) in [7, 11) is -0.414. The number of carbonyl (C=O) groups is 2. The molecule has 2 aromatic rings.